The van der Waals surface area contributed by atoms with E-state index in [9.17, 15) is 0 Å². The van der Waals surface area contributed by atoms with Crippen molar-refractivity contribution in [3.05, 3.63) is 72.5 Å². The Hall–Kier alpha value is -3.76. The highest BCUT2D eigenvalue weighted by Gasteiger charge is 2.17. The van der Waals surface area contributed by atoms with Gasteiger partial charge in [0.1, 0.15) is 11.4 Å². The molecule has 0 fully saturated rings. The van der Waals surface area contributed by atoms with Gasteiger partial charge >= 0.3 is 0 Å². The third-order valence-corrected chi connectivity index (χ3v) is 3.82. The molecule has 0 amide bonds. The molecule has 0 saturated heterocycles. The van der Waals surface area contributed by atoms with Crippen LogP contribution in [0.1, 0.15) is 5.82 Å². The topological polar surface area (TPSA) is 73.4 Å². The Morgan fingerprint density at radius 2 is 1.92 bits per heavy atom. The van der Waals surface area contributed by atoms with Gasteiger partial charge in [-0.15, -0.1) is 5.73 Å². The average molecular weight is 342 g/mol. The minimum absolute atomic E-state index is 0.366. The number of hydrogen-bond acceptors (Lipinski definition) is 6. The fourth-order valence-electron chi connectivity index (χ4n) is 2.55. The zero-order valence-electron chi connectivity index (χ0n) is 14.0. The van der Waals surface area contributed by atoms with Crippen molar-refractivity contribution in [2.45, 2.75) is 0 Å². The Kier molecular flexibility index (Phi) is 4.24. The summed E-state index contributed by atoms with van der Waals surface area (Å²) in [4.78, 5) is 12.8. The van der Waals surface area contributed by atoms with Gasteiger partial charge in [0.05, 0.1) is 12.7 Å². The second-order valence-corrected chi connectivity index (χ2v) is 5.40. The summed E-state index contributed by atoms with van der Waals surface area (Å²) in [6, 6.07) is 9.69. The highest BCUT2D eigenvalue weighted by Crippen LogP contribution is 2.33. The van der Waals surface area contributed by atoms with E-state index in [4.69, 9.17) is 9.26 Å². The van der Waals surface area contributed by atoms with Crippen LogP contribution in [-0.2, 0) is 0 Å². The first-order valence-electron chi connectivity index (χ1n) is 7.93. The molecule has 0 radical (unpaired) electrons. The summed E-state index contributed by atoms with van der Waals surface area (Å²) in [5, 5.41) is 4.04. The number of aromatic nitrogens is 3. The van der Waals surface area contributed by atoms with Crippen LogP contribution in [-0.4, -0.2) is 28.4 Å². The van der Waals surface area contributed by atoms with Crippen LogP contribution in [0.25, 0.3) is 28.3 Å². The number of rotatable bonds is 4. The lowest BCUT2D eigenvalue weighted by molar-refractivity contribution is 0.404. The molecular formula is C20H14N4O2. The Morgan fingerprint density at radius 1 is 1.04 bits per heavy atom. The number of ether oxygens (including phenoxy) is 1. The summed E-state index contributed by atoms with van der Waals surface area (Å²) in [6.45, 7) is 0. The van der Waals surface area contributed by atoms with Gasteiger partial charge < -0.3 is 9.26 Å². The predicted molar refractivity (Wildman–Crippen MR) is 98.6 cm³/mol. The van der Waals surface area contributed by atoms with Gasteiger partial charge in [-0.05, 0) is 53.6 Å². The first-order valence-corrected chi connectivity index (χ1v) is 7.93. The van der Waals surface area contributed by atoms with Gasteiger partial charge in [0, 0.05) is 18.6 Å². The lowest BCUT2D eigenvalue weighted by Gasteiger charge is -2.08. The van der Waals surface area contributed by atoms with E-state index in [1.807, 2.05) is 30.3 Å². The van der Waals surface area contributed by atoms with Crippen LogP contribution in [0.15, 0.2) is 76.2 Å². The number of allylic oxidation sites excluding steroid dienone is 2. The van der Waals surface area contributed by atoms with Gasteiger partial charge in [-0.2, -0.15) is 4.98 Å². The van der Waals surface area contributed by atoms with Gasteiger partial charge in [-0.25, -0.2) is 0 Å². The van der Waals surface area contributed by atoms with Gasteiger partial charge in [-0.1, -0.05) is 11.2 Å². The van der Waals surface area contributed by atoms with E-state index in [1.165, 1.54) is 0 Å². The molecule has 0 bridgehead atoms. The van der Waals surface area contributed by atoms with Crippen molar-refractivity contribution in [3.8, 4) is 28.3 Å². The Bertz CT molecular complexity index is 1060. The first-order chi connectivity index (χ1) is 12.8. The number of methoxy groups -OCH3 is 1. The molecule has 1 aliphatic heterocycles. The molecular weight excluding hydrogens is 328 g/mol. The summed E-state index contributed by atoms with van der Waals surface area (Å²) in [6.07, 6.45) is 10.4. The van der Waals surface area contributed by atoms with Crippen molar-refractivity contribution in [1.82, 2.24) is 15.1 Å². The molecule has 4 rings (SSSR count). The van der Waals surface area contributed by atoms with Crippen LogP contribution in [0.4, 0.5) is 0 Å². The van der Waals surface area contributed by atoms with Gasteiger partial charge in [0.25, 0.3) is 5.89 Å². The molecule has 0 unspecified atom stereocenters. The zero-order valence-corrected chi connectivity index (χ0v) is 14.0. The normalized spacial score (nSPS) is 12.7. The lowest BCUT2D eigenvalue weighted by Crippen LogP contribution is -1.90. The van der Waals surface area contributed by atoms with Crippen molar-refractivity contribution in [1.29, 1.82) is 0 Å². The monoisotopic (exact) mass is 342 g/mol. The summed E-state index contributed by atoms with van der Waals surface area (Å²) < 4.78 is 10.9. The molecule has 3 heterocycles. The molecule has 0 spiro atoms. The smallest absolute Gasteiger partial charge is 0.262 e. The summed E-state index contributed by atoms with van der Waals surface area (Å²) in [7, 11) is 1.61. The molecule has 3 aromatic rings. The Balaban J connectivity index is 1.76. The second kappa shape index (κ2) is 7.01. The van der Waals surface area contributed by atoms with E-state index in [1.54, 1.807) is 43.9 Å². The van der Waals surface area contributed by atoms with Crippen molar-refractivity contribution < 1.29 is 9.26 Å². The van der Waals surface area contributed by atoms with Crippen LogP contribution in [0.3, 0.4) is 0 Å². The first kappa shape index (κ1) is 15.7. The highest BCUT2D eigenvalue weighted by atomic mass is 16.5. The van der Waals surface area contributed by atoms with Crippen molar-refractivity contribution in [2.24, 2.45) is 4.99 Å². The van der Waals surface area contributed by atoms with E-state index in [0.29, 0.717) is 28.7 Å². The number of hydrogen-bond donors (Lipinski definition) is 0. The SMILES string of the molecule is COc1ccc(-c2ccncc2)cc1-c1nc(C2=CC=C=CC=N2)no1. The van der Waals surface area contributed by atoms with Crippen LogP contribution >= 0.6 is 0 Å². The van der Waals surface area contributed by atoms with E-state index < -0.39 is 0 Å². The Morgan fingerprint density at radius 3 is 2.77 bits per heavy atom. The second-order valence-electron chi connectivity index (χ2n) is 5.40. The maximum absolute atomic E-state index is 5.47. The van der Waals surface area contributed by atoms with E-state index in [0.717, 1.165) is 11.1 Å². The van der Waals surface area contributed by atoms with E-state index in [-0.39, 0.29) is 0 Å². The summed E-state index contributed by atoms with van der Waals surface area (Å²) in [5.74, 6) is 1.42. The number of benzene rings is 1. The molecule has 26 heavy (non-hydrogen) atoms. The molecule has 0 atom stereocenters. The zero-order chi connectivity index (χ0) is 17.8. The summed E-state index contributed by atoms with van der Waals surface area (Å²) in [5.41, 5.74) is 6.30. The van der Waals surface area contributed by atoms with E-state index >= 15 is 0 Å². The maximum Gasteiger partial charge on any atom is 0.262 e. The molecule has 1 aromatic carbocycles. The minimum Gasteiger partial charge on any atom is -0.496 e. The van der Waals surface area contributed by atoms with Crippen molar-refractivity contribution in [3.63, 3.8) is 0 Å². The molecule has 0 saturated carbocycles. The molecule has 2 aromatic heterocycles. The fourth-order valence-corrected chi connectivity index (χ4v) is 2.55. The number of pyridine rings is 1. The third-order valence-electron chi connectivity index (χ3n) is 3.82. The van der Waals surface area contributed by atoms with Crippen molar-refractivity contribution in [2.75, 3.05) is 7.11 Å². The Labute approximate surface area is 149 Å². The number of aliphatic imine (C=N–C) groups is 1. The summed E-state index contributed by atoms with van der Waals surface area (Å²) >= 11 is 0. The molecule has 1 aliphatic rings. The van der Waals surface area contributed by atoms with Gasteiger partial charge in [0.2, 0.25) is 5.82 Å². The standard InChI is InChI=1S/C20H14N4O2/c1-25-18-7-6-15(14-8-11-21-12-9-14)13-16(18)20-23-19(24-26-20)17-5-3-2-4-10-22-17/h3-13H,1H3. The van der Waals surface area contributed by atoms with Gasteiger partial charge in [-0.3, -0.25) is 9.98 Å². The van der Waals surface area contributed by atoms with Crippen LogP contribution in [0, 0.1) is 0 Å². The quantitative estimate of drug-likeness (QED) is 0.671. The molecule has 0 aliphatic carbocycles. The molecule has 6 heteroatoms. The third kappa shape index (κ3) is 3.09. The van der Waals surface area contributed by atoms with Gasteiger partial charge in [0.15, 0.2) is 0 Å². The molecule has 126 valence electrons. The fraction of sp³-hybridized carbons (Fsp3) is 0.0500. The van der Waals surface area contributed by atoms with Crippen LogP contribution in [0.2, 0.25) is 0 Å². The minimum atomic E-state index is 0.366. The van der Waals surface area contributed by atoms with Crippen molar-refractivity contribution >= 4 is 11.9 Å². The molecule has 0 N–H and O–H groups in total. The maximum atomic E-state index is 5.47. The highest BCUT2D eigenvalue weighted by molar-refractivity contribution is 5.80. The van der Waals surface area contributed by atoms with Crippen LogP contribution < -0.4 is 4.74 Å². The average Bonchev–Trinajstić information content (AvgIpc) is 3.03. The number of nitrogens with zero attached hydrogens (tertiary/aromatic N) is 4. The molecule has 6 nitrogen and oxygen atoms in total. The largest absolute Gasteiger partial charge is 0.496 e. The lowest BCUT2D eigenvalue weighted by atomic mass is 10.0. The van der Waals surface area contributed by atoms with Crippen LogP contribution in [0.5, 0.6) is 5.75 Å². The predicted octanol–water partition coefficient (Wildman–Crippen LogP) is 3.94. The van der Waals surface area contributed by atoms with E-state index in [2.05, 4.69) is 25.8 Å².